The summed E-state index contributed by atoms with van der Waals surface area (Å²) in [6, 6.07) is 2.99. The molecule has 0 atom stereocenters. The standard InChI is InChI=1S/C14H15BrFN3O2/c1-4-21-14(20)12-13(17)19(8(3)18-12)11-6-9(15)10(16)5-7(11)2/h5-6H,4,17H2,1-3H3. The van der Waals surface area contributed by atoms with Crippen molar-refractivity contribution in [2.24, 2.45) is 0 Å². The van der Waals surface area contributed by atoms with E-state index in [2.05, 4.69) is 20.9 Å². The fraction of sp³-hybridized carbons (Fsp3) is 0.286. The molecule has 5 nitrogen and oxygen atoms in total. The number of benzene rings is 1. The minimum Gasteiger partial charge on any atom is -0.461 e. The number of hydrogen-bond donors (Lipinski definition) is 1. The Kier molecular flexibility index (Phi) is 4.32. The molecule has 112 valence electrons. The van der Waals surface area contributed by atoms with E-state index in [-0.39, 0.29) is 23.9 Å². The quantitative estimate of drug-likeness (QED) is 0.858. The normalized spacial score (nSPS) is 10.7. The van der Waals surface area contributed by atoms with E-state index >= 15 is 0 Å². The third-order valence-corrected chi connectivity index (χ3v) is 3.64. The molecule has 0 fully saturated rings. The third-order valence-electron chi connectivity index (χ3n) is 3.03. The summed E-state index contributed by atoms with van der Waals surface area (Å²) in [5.74, 6) is -0.237. The molecule has 0 unspecified atom stereocenters. The van der Waals surface area contributed by atoms with E-state index in [1.165, 1.54) is 6.07 Å². The van der Waals surface area contributed by atoms with Crippen LogP contribution in [0, 0.1) is 19.7 Å². The van der Waals surface area contributed by atoms with E-state index in [1.807, 2.05) is 0 Å². The highest BCUT2D eigenvalue weighted by Crippen LogP contribution is 2.28. The van der Waals surface area contributed by atoms with Crippen molar-refractivity contribution in [2.45, 2.75) is 20.8 Å². The zero-order valence-corrected chi connectivity index (χ0v) is 13.5. The van der Waals surface area contributed by atoms with Crippen LogP contribution in [0.15, 0.2) is 16.6 Å². The number of rotatable bonds is 3. The van der Waals surface area contributed by atoms with Gasteiger partial charge in [0.2, 0.25) is 0 Å². The molecule has 0 bridgehead atoms. The minimum absolute atomic E-state index is 0.0641. The van der Waals surface area contributed by atoms with Crippen LogP contribution in [-0.2, 0) is 4.74 Å². The lowest BCUT2D eigenvalue weighted by Gasteiger charge is -2.12. The number of imidazole rings is 1. The Morgan fingerprint density at radius 2 is 2.14 bits per heavy atom. The van der Waals surface area contributed by atoms with Gasteiger partial charge in [0, 0.05) is 0 Å². The average Bonchev–Trinajstić information content (AvgIpc) is 2.70. The number of esters is 1. The zero-order chi connectivity index (χ0) is 15.7. The first-order valence-corrected chi connectivity index (χ1v) is 7.14. The molecule has 2 N–H and O–H groups in total. The molecular weight excluding hydrogens is 341 g/mol. The fourth-order valence-corrected chi connectivity index (χ4v) is 2.41. The summed E-state index contributed by atoms with van der Waals surface area (Å²) in [6.45, 7) is 5.42. The van der Waals surface area contributed by atoms with E-state index in [0.29, 0.717) is 21.5 Å². The average molecular weight is 356 g/mol. The first kappa shape index (κ1) is 15.5. The van der Waals surface area contributed by atoms with Gasteiger partial charge in [-0.3, -0.25) is 4.57 Å². The molecule has 21 heavy (non-hydrogen) atoms. The van der Waals surface area contributed by atoms with E-state index in [0.717, 1.165) is 0 Å². The number of anilines is 1. The van der Waals surface area contributed by atoms with Crippen LogP contribution < -0.4 is 5.73 Å². The monoisotopic (exact) mass is 355 g/mol. The number of nitrogens with zero attached hydrogens (tertiary/aromatic N) is 2. The van der Waals surface area contributed by atoms with Crippen LogP contribution in [0.25, 0.3) is 5.69 Å². The summed E-state index contributed by atoms with van der Waals surface area (Å²) in [7, 11) is 0. The smallest absolute Gasteiger partial charge is 0.360 e. The van der Waals surface area contributed by atoms with Crippen molar-refractivity contribution in [3.63, 3.8) is 0 Å². The highest BCUT2D eigenvalue weighted by atomic mass is 79.9. The largest absolute Gasteiger partial charge is 0.461 e. The van der Waals surface area contributed by atoms with Crippen molar-refractivity contribution in [1.82, 2.24) is 9.55 Å². The molecule has 0 spiro atoms. The van der Waals surface area contributed by atoms with Gasteiger partial charge < -0.3 is 10.5 Å². The molecule has 2 rings (SSSR count). The van der Waals surface area contributed by atoms with Gasteiger partial charge in [-0.25, -0.2) is 14.2 Å². The molecule has 0 aliphatic heterocycles. The van der Waals surface area contributed by atoms with Crippen molar-refractivity contribution in [3.8, 4) is 5.69 Å². The van der Waals surface area contributed by atoms with Crippen LogP contribution >= 0.6 is 15.9 Å². The summed E-state index contributed by atoms with van der Waals surface area (Å²) in [4.78, 5) is 16.0. The highest BCUT2D eigenvalue weighted by Gasteiger charge is 2.21. The second-order valence-corrected chi connectivity index (χ2v) is 5.36. The predicted octanol–water partition coefficient (Wildman–Crippen LogP) is 3.15. The van der Waals surface area contributed by atoms with Gasteiger partial charge in [0.05, 0.1) is 16.8 Å². The van der Waals surface area contributed by atoms with Gasteiger partial charge in [0.15, 0.2) is 5.69 Å². The number of nitrogens with two attached hydrogens (primary N) is 1. The lowest BCUT2D eigenvalue weighted by molar-refractivity contribution is 0.0521. The summed E-state index contributed by atoms with van der Waals surface area (Å²) in [5.41, 5.74) is 7.41. The summed E-state index contributed by atoms with van der Waals surface area (Å²) in [5, 5.41) is 0. The van der Waals surface area contributed by atoms with Crippen LogP contribution in [-0.4, -0.2) is 22.1 Å². The second-order valence-electron chi connectivity index (χ2n) is 4.50. The number of carbonyl (C=O) groups is 1. The highest BCUT2D eigenvalue weighted by molar-refractivity contribution is 9.10. The summed E-state index contributed by atoms with van der Waals surface area (Å²) >= 11 is 3.15. The number of aryl methyl sites for hydroxylation is 2. The maximum Gasteiger partial charge on any atom is 0.360 e. The van der Waals surface area contributed by atoms with Crippen molar-refractivity contribution in [1.29, 1.82) is 0 Å². The van der Waals surface area contributed by atoms with E-state index in [4.69, 9.17) is 10.5 Å². The number of halogens is 2. The number of ether oxygens (including phenoxy) is 1. The van der Waals surface area contributed by atoms with Crippen LogP contribution in [0.3, 0.4) is 0 Å². The predicted molar refractivity (Wildman–Crippen MR) is 81.1 cm³/mol. The van der Waals surface area contributed by atoms with Gasteiger partial charge in [-0.05, 0) is 54.4 Å². The van der Waals surface area contributed by atoms with Crippen molar-refractivity contribution in [3.05, 3.63) is 39.5 Å². The minimum atomic E-state index is -0.573. The lowest BCUT2D eigenvalue weighted by Crippen LogP contribution is -2.10. The third kappa shape index (κ3) is 2.78. The molecule has 0 saturated heterocycles. The summed E-state index contributed by atoms with van der Waals surface area (Å²) in [6.07, 6.45) is 0. The van der Waals surface area contributed by atoms with Crippen molar-refractivity contribution in [2.75, 3.05) is 12.3 Å². The molecule has 1 aromatic carbocycles. The molecule has 0 saturated carbocycles. The van der Waals surface area contributed by atoms with Crippen LogP contribution in [0.4, 0.5) is 10.2 Å². The van der Waals surface area contributed by atoms with Gasteiger partial charge in [0.1, 0.15) is 17.5 Å². The summed E-state index contributed by atoms with van der Waals surface area (Å²) < 4.78 is 20.4. The Bertz CT molecular complexity index is 713. The topological polar surface area (TPSA) is 70.1 Å². The Labute approximate surface area is 130 Å². The maximum atomic E-state index is 13.5. The zero-order valence-electron chi connectivity index (χ0n) is 11.9. The molecule has 0 radical (unpaired) electrons. The number of nitrogen functional groups attached to an aromatic ring is 1. The number of hydrogen-bond acceptors (Lipinski definition) is 4. The van der Waals surface area contributed by atoms with E-state index in [9.17, 15) is 9.18 Å². The van der Waals surface area contributed by atoms with E-state index in [1.54, 1.807) is 31.4 Å². The Morgan fingerprint density at radius 1 is 1.48 bits per heavy atom. The first-order valence-electron chi connectivity index (χ1n) is 6.34. The van der Waals surface area contributed by atoms with E-state index < -0.39 is 5.97 Å². The molecule has 2 aromatic rings. The van der Waals surface area contributed by atoms with Gasteiger partial charge in [-0.15, -0.1) is 0 Å². The van der Waals surface area contributed by atoms with Crippen molar-refractivity contribution >= 4 is 27.7 Å². The van der Waals surface area contributed by atoms with Gasteiger partial charge in [-0.1, -0.05) is 0 Å². The van der Waals surface area contributed by atoms with Crippen LogP contribution in [0.5, 0.6) is 0 Å². The van der Waals surface area contributed by atoms with Gasteiger partial charge >= 0.3 is 5.97 Å². The SMILES string of the molecule is CCOC(=O)c1nc(C)n(-c2cc(Br)c(F)cc2C)c1N. The molecule has 0 aliphatic rings. The molecule has 0 amide bonds. The first-order chi connectivity index (χ1) is 9.86. The molecule has 7 heteroatoms. The molecule has 1 heterocycles. The Morgan fingerprint density at radius 3 is 2.76 bits per heavy atom. The van der Waals surface area contributed by atoms with Gasteiger partial charge in [-0.2, -0.15) is 0 Å². The second kappa shape index (κ2) is 5.85. The molecular formula is C14H15BrFN3O2. The number of carbonyl (C=O) groups excluding carboxylic acids is 1. The van der Waals surface area contributed by atoms with Gasteiger partial charge in [0.25, 0.3) is 0 Å². The Hall–Kier alpha value is -1.89. The maximum absolute atomic E-state index is 13.5. The number of aromatic nitrogens is 2. The van der Waals surface area contributed by atoms with Crippen molar-refractivity contribution < 1.29 is 13.9 Å². The Balaban J connectivity index is 2.60. The molecule has 1 aromatic heterocycles. The van der Waals surface area contributed by atoms with Crippen LogP contribution in [0.2, 0.25) is 0 Å². The fourth-order valence-electron chi connectivity index (χ4n) is 2.08. The lowest BCUT2D eigenvalue weighted by atomic mass is 10.2. The van der Waals surface area contributed by atoms with Crippen LogP contribution in [0.1, 0.15) is 28.8 Å². The molecule has 0 aliphatic carbocycles.